The van der Waals surface area contributed by atoms with Crippen molar-refractivity contribution in [1.29, 1.82) is 0 Å². The highest BCUT2D eigenvalue weighted by atomic mass is 16.6. The summed E-state index contributed by atoms with van der Waals surface area (Å²) >= 11 is 0. The molecule has 0 saturated carbocycles. The van der Waals surface area contributed by atoms with Gasteiger partial charge in [-0.2, -0.15) is 4.98 Å². The Morgan fingerprint density at radius 2 is 1.85 bits per heavy atom. The number of benzene rings is 2. The molecule has 2 aromatic carbocycles. The molecule has 134 valence electrons. The van der Waals surface area contributed by atoms with Crippen LogP contribution < -0.4 is 9.47 Å². The first-order valence-electron chi connectivity index (χ1n) is 8.64. The molecular formula is C20H21N3O3. The van der Waals surface area contributed by atoms with E-state index < -0.39 is 0 Å². The van der Waals surface area contributed by atoms with Gasteiger partial charge in [0.25, 0.3) is 0 Å². The second-order valence-corrected chi connectivity index (χ2v) is 6.53. The number of hydrogen-bond donors (Lipinski definition) is 0. The van der Waals surface area contributed by atoms with Gasteiger partial charge in [-0.3, -0.25) is 4.90 Å². The minimum Gasteiger partial charge on any atom is -0.486 e. The van der Waals surface area contributed by atoms with Crippen LogP contribution in [-0.4, -0.2) is 35.3 Å². The molecule has 2 heterocycles. The summed E-state index contributed by atoms with van der Waals surface area (Å²) in [5.74, 6) is 2.84. The molecule has 0 fully saturated rings. The predicted octanol–water partition coefficient (Wildman–Crippen LogP) is 3.45. The van der Waals surface area contributed by atoms with Crippen LogP contribution in [0.5, 0.6) is 11.5 Å². The van der Waals surface area contributed by atoms with Gasteiger partial charge in [0.05, 0.1) is 6.54 Å². The van der Waals surface area contributed by atoms with E-state index in [-0.39, 0.29) is 0 Å². The van der Waals surface area contributed by atoms with Crippen LogP contribution in [0.1, 0.15) is 17.0 Å². The topological polar surface area (TPSA) is 60.6 Å². The number of hydrogen-bond acceptors (Lipinski definition) is 6. The fraction of sp³-hybridized carbons (Fsp3) is 0.300. The molecule has 6 heteroatoms. The van der Waals surface area contributed by atoms with Gasteiger partial charge in [0.15, 0.2) is 11.5 Å². The van der Waals surface area contributed by atoms with E-state index in [9.17, 15) is 0 Å². The van der Waals surface area contributed by atoms with Crippen molar-refractivity contribution < 1.29 is 14.0 Å². The molecule has 4 rings (SSSR count). The Morgan fingerprint density at radius 3 is 2.69 bits per heavy atom. The van der Waals surface area contributed by atoms with Gasteiger partial charge < -0.3 is 14.0 Å². The first kappa shape index (κ1) is 16.6. The highest BCUT2D eigenvalue weighted by Crippen LogP contribution is 2.31. The maximum atomic E-state index is 5.64. The van der Waals surface area contributed by atoms with E-state index in [1.165, 1.54) is 5.56 Å². The lowest BCUT2D eigenvalue weighted by atomic mass is 10.1. The Morgan fingerprint density at radius 1 is 1.00 bits per heavy atom. The highest BCUT2D eigenvalue weighted by Gasteiger charge is 2.14. The zero-order chi connectivity index (χ0) is 17.9. The molecule has 0 radical (unpaired) electrons. The minimum atomic E-state index is 0.577. The Hall–Kier alpha value is -2.86. The predicted molar refractivity (Wildman–Crippen MR) is 97.1 cm³/mol. The zero-order valence-corrected chi connectivity index (χ0v) is 14.9. The van der Waals surface area contributed by atoms with E-state index in [1.807, 2.05) is 50.4 Å². The first-order valence-corrected chi connectivity index (χ1v) is 8.64. The lowest BCUT2D eigenvalue weighted by Crippen LogP contribution is -2.18. The normalized spacial score (nSPS) is 13.2. The summed E-state index contributed by atoms with van der Waals surface area (Å²) in [5, 5.41) is 4.10. The van der Waals surface area contributed by atoms with E-state index in [2.05, 4.69) is 21.1 Å². The zero-order valence-electron chi connectivity index (χ0n) is 14.9. The van der Waals surface area contributed by atoms with E-state index in [0.29, 0.717) is 31.5 Å². The summed E-state index contributed by atoms with van der Waals surface area (Å²) in [4.78, 5) is 6.63. The smallest absolute Gasteiger partial charge is 0.241 e. The van der Waals surface area contributed by atoms with Crippen molar-refractivity contribution in [3.8, 4) is 22.9 Å². The van der Waals surface area contributed by atoms with E-state index in [1.54, 1.807) is 0 Å². The third kappa shape index (κ3) is 3.70. The van der Waals surface area contributed by atoms with Gasteiger partial charge in [-0.15, -0.1) is 0 Å². The van der Waals surface area contributed by atoms with Crippen LogP contribution in [0.15, 0.2) is 47.0 Å². The van der Waals surface area contributed by atoms with Crippen LogP contribution >= 0.6 is 0 Å². The highest BCUT2D eigenvalue weighted by molar-refractivity contribution is 5.55. The Labute approximate surface area is 152 Å². The molecule has 0 atom stereocenters. The quantitative estimate of drug-likeness (QED) is 0.702. The van der Waals surface area contributed by atoms with Gasteiger partial charge in [0.1, 0.15) is 13.2 Å². The summed E-state index contributed by atoms with van der Waals surface area (Å²) in [5.41, 5.74) is 3.29. The van der Waals surface area contributed by atoms with E-state index in [4.69, 9.17) is 14.0 Å². The standard InChI is InChI=1S/C20H21N3O3/c1-14-4-3-5-16(10-14)20-21-19(26-22-20)13-23(2)12-15-6-7-17-18(11-15)25-9-8-24-17/h3-7,10-11H,8-9,12-13H2,1-2H3. The maximum absolute atomic E-state index is 5.64. The number of aryl methyl sites for hydroxylation is 1. The lowest BCUT2D eigenvalue weighted by Gasteiger charge is -2.20. The average molecular weight is 351 g/mol. The SMILES string of the molecule is Cc1cccc(-c2noc(CN(C)Cc3ccc4c(c3)OCCO4)n2)c1. The second kappa shape index (κ2) is 7.17. The van der Waals surface area contributed by atoms with Gasteiger partial charge in [-0.25, -0.2) is 0 Å². The van der Waals surface area contributed by atoms with Gasteiger partial charge >= 0.3 is 0 Å². The molecule has 1 aromatic heterocycles. The second-order valence-electron chi connectivity index (χ2n) is 6.53. The van der Waals surface area contributed by atoms with Gasteiger partial charge in [-0.1, -0.05) is 35.0 Å². The molecule has 1 aliphatic heterocycles. The van der Waals surface area contributed by atoms with Gasteiger partial charge in [0.2, 0.25) is 11.7 Å². The van der Waals surface area contributed by atoms with Crippen LogP contribution in [-0.2, 0) is 13.1 Å². The molecule has 6 nitrogen and oxygen atoms in total. The van der Waals surface area contributed by atoms with Crippen molar-refractivity contribution in [2.24, 2.45) is 0 Å². The third-order valence-corrected chi connectivity index (χ3v) is 4.21. The maximum Gasteiger partial charge on any atom is 0.241 e. The van der Waals surface area contributed by atoms with Gasteiger partial charge in [0, 0.05) is 12.1 Å². The van der Waals surface area contributed by atoms with E-state index in [0.717, 1.165) is 29.2 Å². The minimum absolute atomic E-state index is 0.577. The molecule has 0 aliphatic carbocycles. The number of nitrogens with zero attached hydrogens (tertiary/aromatic N) is 3. The monoisotopic (exact) mass is 351 g/mol. The van der Waals surface area contributed by atoms with Crippen molar-refractivity contribution in [1.82, 2.24) is 15.0 Å². The van der Waals surface area contributed by atoms with Crippen molar-refractivity contribution in [3.05, 3.63) is 59.5 Å². The molecule has 0 saturated heterocycles. The summed E-state index contributed by atoms with van der Waals surface area (Å²) in [6.45, 7) is 4.57. The molecule has 0 unspecified atom stereocenters. The van der Waals surface area contributed by atoms with Crippen LogP contribution in [0, 0.1) is 6.92 Å². The van der Waals surface area contributed by atoms with Crippen LogP contribution in [0.25, 0.3) is 11.4 Å². The Bertz CT molecular complexity index is 907. The number of aromatic nitrogens is 2. The summed E-state index contributed by atoms with van der Waals surface area (Å²) in [6.07, 6.45) is 0. The Balaban J connectivity index is 1.41. The molecule has 3 aromatic rings. The molecule has 0 N–H and O–H groups in total. The first-order chi connectivity index (χ1) is 12.7. The van der Waals surface area contributed by atoms with Crippen LogP contribution in [0.4, 0.5) is 0 Å². The molecule has 0 amide bonds. The van der Waals surface area contributed by atoms with Crippen LogP contribution in [0.2, 0.25) is 0 Å². The molecule has 1 aliphatic rings. The summed E-state index contributed by atoms with van der Waals surface area (Å²) in [6, 6.07) is 14.1. The van der Waals surface area contributed by atoms with Crippen molar-refractivity contribution in [2.45, 2.75) is 20.0 Å². The van der Waals surface area contributed by atoms with E-state index >= 15 is 0 Å². The molecule has 0 bridgehead atoms. The third-order valence-electron chi connectivity index (χ3n) is 4.21. The van der Waals surface area contributed by atoms with Crippen molar-refractivity contribution in [2.75, 3.05) is 20.3 Å². The summed E-state index contributed by atoms with van der Waals surface area (Å²) in [7, 11) is 2.02. The van der Waals surface area contributed by atoms with Crippen molar-refractivity contribution >= 4 is 0 Å². The average Bonchev–Trinajstić information content (AvgIpc) is 3.10. The fourth-order valence-corrected chi connectivity index (χ4v) is 3.01. The number of rotatable bonds is 5. The summed E-state index contributed by atoms with van der Waals surface area (Å²) < 4.78 is 16.6. The molecule has 0 spiro atoms. The number of fused-ring (bicyclic) bond motifs is 1. The fourth-order valence-electron chi connectivity index (χ4n) is 3.01. The Kier molecular flexibility index (Phi) is 4.58. The van der Waals surface area contributed by atoms with Crippen LogP contribution in [0.3, 0.4) is 0 Å². The van der Waals surface area contributed by atoms with Gasteiger partial charge in [-0.05, 0) is 37.7 Å². The number of ether oxygens (including phenoxy) is 2. The van der Waals surface area contributed by atoms with Crippen molar-refractivity contribution in [3.63, 3.8) is 0 Å². The molecule has 26 heavy (non-hydrogen) atoms. The largest absolute Gasteiger partial charge is 0.486 e. The molecular weight excluding hydrogens is 330 g/mol. The lowest BCUT2D eigenvalue weighted by molar-refractivity contribution is 0.171.